The highest BCUT2D eigenvalue weighted by molar-refractivity contribution is 5.98. The third-order valence-electron chi connectivity index (χ3n) is 3.12. The van der Waals surface area contributed by atoms with Crippen molar-refractivity contribution in [1.29, 1.82) is 0 Å². The molecule has 1 amide bonds. The number of nitrogens with one attached hydrogen (secondary N) is 1. The molecule has 1 fully saturated rings. The summed E-state index contributed by atoms with van der Waals surface area (Å²) in [4.78, 5) is 15.9. The predicted molar refractivity (Wildman–Crippen MR) is 67.0 cm³/mol. The summed E-state index contributed by atoms with van der Waals surface area (Å²) in [6.07, 6.45) is 1.74. The van der Waals surface area contributed by atoms with E-state index in [-0.39, 0.29) is 29.0 Å². The van der Waals surface area contributed by atoms with Crippen LogP contribution in [0.25, 0.3) is 11.3 Å². The average molecular weight is 296 g/mol. The van der Waals surface area contributed by atoms with Crippen molar-refractivity contribution in [3.05, 3.63) is 41.2 Å². The van der Waals surface area contributed by atoms with Crippen LogP contribution in [-0.4, -0.2) is 16.9 Å². The molecule has 3 rings (SSSR count). The minimum Gasteiger partial charge on any atom is -0.440 e. The van der Waals surface area contributed by atoms with Crippen molar-refractivity contribution >= 4 is 5.91 Å². The smallest absolute Gasteiger partial charge is 0.274 e. The quantitative estimate of drug-likeness (QED) is 0.886. The molecular formula is C14H11F3N2O2. The van der Waals surface area contributed by atoms with Crippen LogP contribution < -0.4 is 5.32 Å². The van der Waals surface area contributed by atoms with Crippen molar-refractivity contribution in [2.45, 2.75) is 25.8 Å². The number of aryl methyl sites for hydroxylation is 1. The fourth-order valence-corrected chi connectivity index (χ4v) is 1.94. The zero-order chi connectivity index (χ0) is 15.1. The highest BCUT2D eigenvalue weighted by Gasteiger charge is 2.29. The lowest BCUT2D eigenvalue weighted by Crippen LogP contribution is -2.26. The second kappa shape index (κ2) is 4.91. The first-order valence-corrected chi connectivity index (χ1v) is 6.39. The number of oxazole rings is 1. The van der Waals surface area contributed by atoms with Gasteiger partial charge in [0.1, 0.15) is 5.82 Å². The van der Waals surface area contributed by atoms with Crippen molar-refractivity contribution in [2.75, 3.05) is 0 Å². The topological polar surface area (TPSA) is 55.1 Å². The number of hydrogen-bond donors (Lipinski definition) is 1. The average Bonchev–Trinajstić information content (AvgIpc) is 3.14. The molecule has 1 heterocycles. The molecule has 0 aliphatic heterocycles. The monoisotopic (exact) mass is 296 g/mol. The van der Waals surface area contributed by atoms with Crippen molar-refractivity contribution in [3.8, 4) is 11.3 Å². The standard InChI is InChI=1S/C14H11F3N2O2/c1-6-18-12(14(20)19-7-2-3-7)13(21-6)8-4-10(16)11(17)5-9(8)15/h4-5,7H,2-3H2,1H3,(H,19,20). The van der Waals surface area contributed by atoms with Crippen LogP contribution in [0, 0.1) is 24.4 Å². The van der Waals surface area contributed by atoms with Crippen LogP contribution in [0.15, 0.2) is 16.5 Å². The second-order valence-corrected chi connectivity index (χ2v) is 4.90. The Morgan fingerprint density at radius 3 is 2.57 bits per heavy atom. The Bertz CT molecular complexity index is 723. The largest absolute Gasteiger partial charge is 0.440 e. The molecular weight excluding hydrogens is 285 g/mol. The Balaban J connectivity index is 2.05. The second-order valence-electron chi connectivity index (χ2n) is 4.90. The molecule has 0 unspecified atom stereocenters. The van der Waals surface area contributed by atoms with Crippen LogP contribution >= 0.6 is 0 Å². The molecule has 4 nitrogen and oxygen atoms in total. The van der Waals surface area contributed by atoms with Gasteiger partial charge in [0.2, 0.25) is 0 Å². The van der Waals surface area contributed by atoms with Crippen molar-refractivity contribution in [3.63, 3.8) is 0 Å². The van der Waals surface area contributed by atoms with E-state index in [2.05, 4.69) is 10.3 Å². The number of aromatic nitrogens is 1. The number of hydrogen-bond acceptors (Lipinski definition) is 3. The first-order valence-electron chi connectivity index (χ1n) is 6.39. The number of carbonyl (C=O) groups is 1. The summed E-state index contributed by atoms with van der Waals surface area (Å²) in [5, 5.41) is 2.69. The van der Waals surface area contributed by atoms with Crippen LogP contribution in [0.1, 0.15) is 29.2 Å². The maximum Gasteiger partial charge on any atom is 0.274 e. The third-order valence-corrected chi connectivity index (χ3v) is 3.12. The van der Waals surface area contributed by atoms with Crippen molar-refractivity contribution in [1.82, 2.24) is 10.3 Å². The van der Waals surface area contributed by atoms with Gasteiger partial charge in [-0.2, -0.15) is 0 Å². The summed E-state index contributed by atoms with van der Waals surface area (Å²) in [6.45, 7) is 1.48. The van der Waals surface area contributed by atoms with Gasteiger partial charge in [-0.25, -0.2) is 18.2 Å². The third kappa shape index (κ3) is 2.63. The fourth-order valence-electron chi connectivity index (χ4n) is 1.94. The molecule has 1 aliphatic carbocycles. The summed E-state index contributed by atoms with van der Waals surface area (Å²) in [6, 6.07) is 1.14. The highest BCUT2D eigenvalue weighted by atomic mass is 19.2. The number of nitrogens with zero attached hydrogens (tertiary/aromatic N) is 1. The van der Waals surface area contributed by atoms with Gasteiger partial charge in [0, 0.05) is 19.0 Å². The minimum atomic E-state index is -1.31. The molecule has 1 N–H and O–H groups in total. The first-order chi connectivity index (χ1) is 9.95. The zero-order valence-electron chi connectivity index (χ0n) is 11.0. The maximum absolute atomic E-state index is 13.8. The molecule has 0 radical (unpaired) electrons. The van der Waals surface area contributed by atoms with E-state index < -0.39 is 23.4 Å². The van der Waals surface area contributed by atoms with Gasteiger partial charge >= 0.3 is 0 Å². The van der Waals surface area contributed by atoms with E-state index in [1.165, 1.54) is 6.92 Å². The van der Waals surface area contributed by atoms with E-state index in [1.54, 1.807) is 0 Å². The number of rotatable bonds is 3. The Labute approximate surface area is 118 Å². The van der Waals surface area contributed by atoms with Crippen molar-refractivity contribution < 1.29 is 22.4 Å². The lowest BCUT2D eigenvalue weighted by Gasteiger charge is -2.04. The van der Waals surface area contributed by atoms with E-state index in [4.69, 9.17) is 4.42 Å². The van der Waals surface area contributed by atoms with Gasteiger partial charge in [0.25, 0.3) is 5.91 Å². The number of benzene rings is 1. The van der Waals surface area contributed by atoms with Gasteiger partial charge in [-0.3, -0.25) is 4.79 Å². The number of carbonyl (C=O) groups excluding carboxylic acids is 1. The van der Waals surface area contributed by atoms with Crippen LogP contribution in [0.3, 0.4) is 0 Å². The van der Waals surface area contributed by atoms with E-state index in [9.17, 15) is 18.0 Å². The molecule has 1 aliphatic rings. The molecule has 0 bridgehead atoms. The van der Waals surface area contributed by atoms with Crippen LogP contribution in [0.2, 0.25) is 0 Å². The van der Waals surface area contributed by atoms with Crippen LogP contribution in [0.5, 0.6) is 0 Å². The van der Waals surface area contributed by atoms with Crippen LogP contribution in [0.4, 0.5) is 13.2 Å². The maximum atomic E-state index is 13.8. The fraction of sp³-hybridized carbons (Fsp3) is 0.286. The molecule has 110 valence electrons. The molecule has 1 saturated carbocycles. The molecule has 2 aromatic rings. The van der Waals surface area contributed by atoms with E-state index in [0.29, 0.717) is 12.1 Å². The summed E-state index contributed by atoms with van der Waals surface area (Å²) < 4.78 is 45.3. The van der Waals surface area contributed by atoms with Gasteiger partial charge in [0.05, 0.1) is 5.56 Å². The summed E-state index contributed by atoms with van der Waals surface area (Å²) in [5.74, 6) is -4.15. The lowest BCUT2D eigenvalue weighted by atomic mass is 10.1. The number of halogens is 3. The van der Waals surface area contributed by atoms with Gasteiger partial charge < -0.3 is 9.73 Å². The van der Waals surface area contributed by atoms with E-state index >= 15 is 0 Å². The molecule has 21 heavy (non-hydrogen) atoms. The predicted octanol–water partition coefficient (Wildman–Crippen LogP) is 2.96. The SMILES string of the molecule is Cc1nc(C(=O)NC2CC2)c(-c2cc(F)c(F)cc2F)o1. The first kappa shape index (κ1) is 13.7. The highest BCUT2D eigenvalue weighted by Crippen LogP contribution is 2.30. The molecule has 0 atom stereocenters. The normalized spacial score (nSPS) is 14.3. The summed E-state index contributed by atoms with van der Waals surface area (Å²) in [7, 11) is 0. The molecule has 0 saturated heterocycles. The van der Waals surface area contributed by atoms with Crippen LogP contribution in [-0.2, 0) is 0 Å². The molecule has 0 spiro atoms. The molecule has 1 aromatic carbocycles. The van der Waals surface area contributed by atoms with Gasteiger partial charge in [-0.15, -0.1) is 0 Å². The van der Waals surface area contributed by atoms with Crippen molar-refractivity contribution in [2.24, 2.45) is 0 Å². The molecule has 1 aromatic heterocycles. The Kier molecular flexibility index (Phi) is 3.19. The Hall–Kier alpha value is -2.31. The van der Waals surface area contributed by atoms with E-state index in [0.717, 1.165) is 12.8 Å². The zero-order valence-corrected chi connectivity index (χ0v) is 11.0. The van der Waals surface area contributed by atoms with Gasteiger partial charge in [0.15, 0.2) is 29.0 Å². The summed E-state index contributed by atoms with van der Waals surface area (Å²) in [5.41, 5.74) is -0.472. The van der Waals surface area contributed by atoms with E-state index in [1.807, 2.05) is 0 Å². The number of amides is 1. The Morgan fingerprint density at radius 1 is 1.24 bits per heavy atom. The minimum absolute atomic E-state index is 0.0807. The van der Waals surface area contributed by atoms with Gasteiger partial charge in [-0.05, 0) is 18.9 Å². The lowest BCUT2D eigenvalue weighted by molar-refractivity contribution is 0.0947. The molecule has 7 heteroatoms. The van der Waals surface area contributed by atoms with Gasteiger partial charge in [-0.1, -0.05) is 0 Å². The summed E-state index contributed by atoms with van der Waals surface area (Å²) >= 11 is 0. The Morgan fingerprint density at radius 2 is 1.90 bits per heavy atom.